The van der Waals surface area contributed by atoms with Crippen molar-refractivity contribution >= 4 is 25.0 Å². The highest BCUT2D eigenvalue weighted by atomic mass is 28.4. The molecule has 0 aliphatic heterocycles. The van der Waals surface area contributed by atoms with Crippen molar-refractivity contribution in [1.29, 1.82) is 0 Å². The molecule has 0 amide bonds. The topological polar surface area (TPSA) is 68.2 Å². The van der Waals surface area contributed by atoms with Crippen LogP contribution in [0.4, 0.5) is 0 Å². The number of hydrogen-bond donors (Lipinski definition) is 2. The minimum atomic E-state index is -2.11. The average molecular weight is 681 g/mol. The lowest BCUT2D eigenvalue weighted by molar-refractivity contribution is 0.0712. The van der Waals surface area contributed by atoms with Crippen LogP contribution >= 0.6 is 0 Å². The van der Waals surface area contributed by atoms with Gasteiger partial charge in [-0.2, -0.15) is 0 Å². The molecule has 0 radical (unpaired) electrons. The average Bonchev–Trinajstić information content (AvgIpc) is 3.22. The van der Waals surface area contributed by atoms with E-state index in [0.717, 1.165) is 56.0 Å². The Morgan fingerprint density at radius 3 is 2.04 bits per heavy atom. The smallest absolute Gasteiger partial charge is 0.250 e. The number of aliphatic hydroxyl groups is 2. The molecule has 262 valence electrons. The van der Waals surface area contributed by atoms with Gasteiger partial charge in [-0.3, -0.25) is 0 Å². The van der Waals surface area contributed by atoms with Crippen LogP contribution in [0.5, 0.6) is 0 Å². The molecule has 1 aliphatic carbocycles. The van der Waals surface area contributed by atoms with Crippen molar-refractivity contribution in [3.8, 4) is 11.8 Å². The Morgan fingerprint density at radius 2 is 1.56 bits per heavy atom. The number of aliphatic hydroxyl groups excluding tert-OH is 2. The van der Waals surface area contributed by atoms with Gasteiger partial charge in [0.15, 0.2) is 16.6 Å². The molecule has 0 saturated carbocycles. The van der Waals surface area contributed by atoms with E-state index in [2.05, 4.69) is 112 Å². The Bertz CT molecular complexity index is 1000. The molecule has 0 heterocycles. The van der Waals surface area contributed by atoms with Crippen LogP contribution in [-0.4, -0.2) is 59.1 Å². The molecule has 3 unspecified atom stereocenters. The first-order valence-corrected chi connectivity index (χ1v) is 26.8. The van der Waals surface area contributed by atoms with Gasteiger partial charge in [0.05, 0.1) is 23.6 Å². The van der Waals surface area contributed by atoms with E-state index < -0.39 is 37.2 Å². The van der Waals surface area contributed by atoms with E-state index in [1.54, 1.807) is 6.92 Å². The lowest BCUT2D eigenvalue weighted by Crippen LogP contribution is -2.42. The van der Waals surface area contributed by atoms with Gasteiger partial charge in [-0.15, -0.1) is 0 Å². The molecule has 1 rings (SSSR count). The maximum atomic E-state index is 10.5. The normalized spacial score (nSPS) is 21.1. The van der Waals surface area contributed by atoms with E-state index in [9.17, 15) is 10.2 Å². The van der Waals surface area contributed by atoms with Crippen molar-refractivity contribution < 1.29 is 23.5 Å². The zero-order chi connectivity index (χ0) is 34.7. The highest BCUT2D eigenvalue weighted by Crippen LogP contribution is 2.45. The summed E-state index contributed by atoms with van der Waals surface area (Å²) >= 11 is 0. The zero-order valence-corrected chi connectivity index (χ0v) is 34.9. The van der Waals surface area contributed by atoms with Crippen molar-refractivity contribution in [2.45, 2.75) is 193 Å². The fourth-order valence-electron chi connectivity index (χ4n) is 6.00. The van der Waals surface area contributed by atoms with Gasteiger partial charge in [0.1, 0.15) is 6.10 Å². The number of unbranched alkanes of at least 4 members (excludes halogenated alkanes) is 1. The molecule has 0 aromatic rings. The minimum absolute atomic E-state index is 0.0318. The molecule has 1 aliphatic rings. The van der Waals surface area contributed by atoms with Crippen molar-refractivity contribution in [2.24, 2.45) is 5.92 Å². The third-order valence-corrected chi connectivity index (χ3v) is 20.1. The monoisotopic (exact) mass is 680 g/mol. The molecule has 0 aromatic heterocycles. The Labute approximate surface area is 282 Å². The quantitative estimate of drug-likeness (QED) is 0.0807. The maximum Gasteiger partial charge on any atom is 0.250 e. The van der Waals surface area contributed by atoms with E-state index in [0.29, 0.717) is 19.3 Å². The van der Waals surface area contributed by atoms with Crippen LogP contribution in [0.25, 0.3) is 0 Å². The summed E-state index contributed by atoms with van der Waals surface area (Å²) in [6.07, 6.45) is 10.1. The van der Waals surface area contributed by atoms with E-state index in [1.807, 2.05) is 0 Å². The molecule has 0 saturated heterocycles. The molecular formula is C37H72O5Si3. The van der Waals surface area contributed by atoms with E-state index >= 15 is 0 Å². The maximum absolute atomic E-state index is 10.5. The molecular weight excluding hydrogens is 609 g/mol. The third-order valence-electron chi connectivity index (χ3n) is 9.98. The highest BCUT2D eigenvalue weighted by molar-refractivity contribution is 6.74. The van der Waals surface area contributed by atoms with Crippen LogP contribution in [0.2, 0.25) is 55.9 Å². The molecule has 5 nitrogen and oxygen atoms in total. The van der Waals surface area contributed by atoms with Gasteiger partial charge in [-0.05, 0) is 101 Å². The molecule has 2 N–H and O–H groups in total. The fraction of sp³-hybridized carbons (Fsp3) is 0.838. The first-order chi connectivity index (χ1) is 20.7. The van der Waals surface area contributed by atoms with Gasteiger partial charge >= 0.3 is 0 Å². The van der Waals surface area contributed by atoms with Gasteiger partial charge in [-0.25, -0.2) is 0 Å². The lowest BCUT2D eigenvalue weighted by atomic mass is 9.92. The molecule has 0 fully saturated rings. The standard InChI is InChI=1S/C37H72O5Si3/c1-15-19-27-37(9,42-43(10,11)12)28-21-24-33-32(23-20-22-31(39)26-25-30(5)38)34(40-44(13,14)36(6,7)8)29-35(33)41-45(16-2,17-3)18-4/h21,24,30-31,33,35,38-39H,15-19,23,25-29H2,1-14H3/b24-21+/t30?,31?,33-,35-,37?/m1/s1. The van der Waals surface area contributed by atoms with Gasteiger partial charge in [0.25, 0.3) is 0 Å². The second-order valence-corrected chi connectivity index (χ2v) is 30.2. The Balaban J connectivity index is 3.64. The summed E-state index contributed by atoms with van der Waals surface area (Å²) in [6, 6.07) is 3.32. The first kappa shape index (κ1) is 42.4. The molecule has 45 heavy (non-hydrogen) atoms. The summed E-state index contributed by atoms with van der Waals surface area (Å²) in [4.78, 5) is 0. The van der Waals surface area contributed by atoms with E-state index in [-0.39, 0.29) is 22.7 Å². The second-order valence-electron chi connectivity index (χ2n) is 16.3. The summed E-state index contributed by atoms with van der Waals surface area (Å²) < 4.78 is 21.2. The van der Waals surface area contributed by atoms with Gasteiger partial charge in [-0.1, -0.05) is 85.3 Å². The second kappa shape index (κ2) is 18.2. The van der Waals surface area contributed by atoms with Crippen LogP contribution < -0.4 is 0 Å². The number of hydrogen-bond acceptors (Lipinski definition) is 5. The van der Waals surface area contributed by atoms with Crippen LogP contribution in [0.3, 0.4) is 0 Å². The van der Waals surface area contributed by atoms with Crippen LogP contribution in [-0.2, 0) is 13.3 Å². The van der Waals surface area contributed by atoms with E-state index in [1.165, 1.54) is 5.57 Å². The summed E-state index contributed by atoms with van der Waals surface area (Å²) in [5.74, 6) is 7.53. The highest BCUT2D eigenvalue weighted by Gasteiger charge is 2.45. The molecule has 8 heteroatoms. The van der Waals surface area contributed by atoms with Crippen molar-refractivity contribution in [3.63, 3.8) is 0 Å². The molecule has 0 aromatic carbocycles. The Hall–Kier alpha value is -0.669. The largest absolute Gasteiger partial charge is 0.546 e. The number of rotatable bonds is 19. The lowest BCUT2D eigenvalue weighted by Gasteiger charge is -2.37. The minimum Gasteiger partial charge on any atom is -0.546 e. The van der Waals surface area contributed by atoms with Crippen molar-refractivity contribution in [3.05, 3.63) is 23.5 Å². The molecule has 0 spiro atoms. The van der Waals surface area contributed by atoms with Gasteiger partial charge < -0.3 is 23.5 Å². The van der Waals surface area contributed by atoms with Crippen molar-refractivity contribution in [2.75, 3.05) is 0 Å². The van der Waals surface area contributed by atoms with Crippen LogP contribution in [0.1, 0.15) is 114 Å². The Morgan fingerprint density at radius 1 is 0.956 bits per heavy atom. The van der Waals surface area contributed by atoms with Gasteiger partial charge in [0.2, 0.25) is 8.32 Å². The molecule has 0 bridgehead atoms. The molecule has 5 atom stereocenters. The summed E-state index contributed by atoms with van der Waals surface area (Å²) in [6.45, 7) is 31.5. The Kier molecular flexibility index (Phi) is 17.1. The third kappa shape index (κ3) is 14.1. The predicted molar refractivity (Wildman–Crippen MR) is 201 cm³/mol. The summed E-state index contributed by atoms with van der Waals surface area (Å²) in [5, 5.41) is 20.3. The fourth-order valence-corrected chi connectivity index (χ4v) is 11.7. The van der Waals surface area contributed by atoms with Crippen LogP contribution in [0.15, 0.2) is 23.5 Å². The SMILES string of the molecule is CCCCC(C)(C/C=C/[C@@H]1C(CC#CC(O)CCC(C)O)=C(O[Si](C)(C)C(C)(C)C)C[C@H]1O[Si](CC)(CC)CC)O[Si](C)(C)C. The zero-order valence-electron chi connectivity index (χ0n) is 31.9. The first-order valence-electron chi connectivity index (χ1n) is 18.0. The summed E-state index contributed by atoms with van der Waals surface area (Å²) in [5.41, 5.74) is 1.03. The van der Waals surface area contributed by atoms with Crippen LogP contribution in [0, 0.1) is 17.8 Å². The van der Waals surface area contributed by atoms with Crippen molar-refractivity contribution in [1.82, 2.24) is 0 Å². The summed E-state index contributed by atoms with van der Waals surface area (Å²) in [7, 11) is -5.74. The van der Waals surface area contributed by atoms with Gasteiger partial charge in [0, 0.05) is 18.8 Å². The van der Waals surface area contributed by atoms with E-state index in [4.69, 9.17) is 13.3 Å². The predicted octanol–water partition coefficient (Wildman–Crippen LogP) is 10.3.